The largest absolute Gasteiger partial charge is 0.416 e. The first-order valence-corrected chi connectivity index (χ1v) is 6.46. The first-order valence-electron chi connectivity index (χ1n) is 6.46. The lowest BCUT2D eigenvalue weighted by atomic mass is 10.2. The van der Waals surface area contributed by atoms with Crippen LogP contribution in [0, 0.1) is 0 Å². The van der Waals surface area contributed by atoms with E-state index in [1.807, 2.05) is 0 Å². The van der Waals surface area contributed by atoms with E-state index in [2.05, 4.69) is 10.3 Å². The molecule has 1 atom stereocenters. The zero-order chi connectivity index (χ0) is 15.3. The van der Waals surface area contributed by atoms with E-state index >= 15 is 0 Å². The van der Waals surface area contributed by atoms with Crippen molar-refractivity contribution in [2.75, 3.05) is 30.4 Å². The second-order valence-corrected chi connectivity index (χ2v) is 4.69. The minimum absolute atomic E-state index is 0.196. The summed E-state index contributed by atoms with van der Waals surface area (Å²) < 4.78 is 38.6. The molecule has 1 aromatic heterocycles. The first-order chi connectivity index (χ1) is 9.24. The quantitative estimate of drug-likeness (QED) is 0.846. The molecule has 0 saturated heterocycles. The molecule has 114 valence electrons. The number of alkyl halides is 3. The van der Waals surface area contributed by atoms with Crippen LogP contribution in [0.2, 0.25) is 0 Å². The molecule has 4 nitrogen and oxygen atoms in total. The summed E-state index contributed by atoms with van der Waals surface area (Å²) in [4.78, 5) is 5.75. The number of pyridine rings is 1. The van der Waals surface area contributed by atoms with E-state index in [1.54, 1.807) is 25.8 Å². The van der Waals surface area contributed by atoms with Gasteiger partial charge in [-0.15, -0.1) is 0 Å². The highest BCUT2D eigenvalue weighted by molar-refractivity contribution is 5.50. The standard InChI is InChI=1S/C13H20F3N3O/c1-4-17-11-7-10(13(14,15)16)8-12(18-11)19(3)6-5-9(2)20/h7-9,20H,4-6H2,1-3H3,(H,17,18). The van der Waals surface area contributed by atoms with Gasteiger partial charge in [-0.2, -0.15) is 13.2 Å². The number of aliphatic hydroxyl groups excluding tert-OH is 1. The summed E-state index contributed by atoms with van der Waals surface area (Å²) in [6, 6.07) is 2.01. The minimum Gasteiger partial charge on any atom is -0.393 e. The van der Waals surface area contributed by atoms with Crippen LogP contribution in [-0.4, -0.2) is 36.3 Å². The highest BCUT2D eigenvalue weighted by Crippen LogP contribution is 2.32. The van der Waals surface area contributed by atoms with Crippen molar-refractivity contribution in [2.24, 2.45) is 0 Å². The van der Waals surface area contributed by atoms with E-state index in [0.717, 1.165) is 12.1 Å². The first kappa shape index (κ1) is 16.6. The van der Waals surface area contributed by atoms with Gasteiger partial charge in [-0.05, 0) is 32.4 Å². The molecule has 0 aliphatic rings. The third kappa shape index (κ3) is 4.88. The average Bonchev–Trinajstić information content (AvgIpc) is 2.34. The molecule has 1 aromatic rings. The summed E-state index contributed by atoms with van der Waals surface area (Å²) >= 11 is 0. The van der Waals surface area contributed by atoms with Crippen LogP contribution in [0.3, 0.4) is 0 Å². The third-order valence-electron chi connectivity index (χ3n) is 2.77. The van der Waals surface area contributed by atoms with Crippen molar-refractivity contribution in [3.05, 3.63) is 17.7 Å². The van der Waals surface area contributed by atoms with Gasteiger partial charge in [0.2, 0.25) is 0 Å². The second-order valence-electron chi connectivity index (χ2n) is 4.69. The maximum atomic E-state index is 12.9. The van der Waals surface area contributed by atoms with Gasteiger partial charge in [0, 0.05) is 20.1 Å². The van der Waals surface area contributed by atoms with Crippen LogP contribution in [0.5, 0.6) is 0 Å². The second kappa shape index (κ2) is 6.78. The van der Waals surface area contributed by atoms with E-state index in [1.165, 1.54) is 0 Å². The molecule has 7 heteroatoms. The summed E-state index contributed by atoms with van der Waals surface area (Å²) in [6.45, 7) is 4.35. The number of halogens is 3. The lowest BCUT2D eigenvalue weighted by Gasteiger charge is -2.21. The topological polar surface area (TPSA) is 48.4 Å². The molecule has 0 aliphatic carbocycles. The fourth-order valence-corrected chi connectivity index (χ4v) is 1.64. The van der Waals surface area contributed by atoms with Gasteiger partial charge in [0.05, 0.1) is 11.7 Å². The molecule has 20 heavy (non-hydrogen) atoms. The molecule has 1 unspecified atom stereocenters. The Bertz CT molecular complexity index is 435. The van der Waals surface area contributed by atoms with Crippen molar-refractivity contribution in [3.8, 4) is 0 Å². The Kier molecular flexibility index (Phi) is 5.62. The number of aliphatic hydroxyl groups is 1. The molecule has 0 aromatic carbocycles. The van der Waals surface area contributed by atoms with Crippen LogP contribution in [0.1, 0.15) is 25.8 Å². The van der Waals surface area contributed by atoms with Gasteiger partial charge in [-0.3, -0.25) is 0 Å². The zero-order valence-electron chi connectivity index (χ0n) is 11.8. The van der Waals surface area contributed by atoms with E-state index in [0.29, 0.717) is 19.5 Å². The Balaban J connectivity index is 3.02. The third-order valence-corrected chi connectivity index (χ3v) is 2.77. The van der Waals surface area contributed by atoms with E-state index in [9.17, 15) is 18.3 Å². The molecule has 0 amide bonds. The zero-order valence-corrected chi connectivity index (χ0v) is 11.8. The lowest BCUT2D eigenvalue weighted by Crippen LogP contribution is -2.23. The fraction of sp³-hybridized carbons (Fsp3) is 0.615. The Hall–Kier alpha value is -1.50. The van der Waals surface area contributed by atoms with Crippen LogP contribution in [0.4, 0.5) is 24.8 Å². The van der Waals surface area contributed by atoms with Crippen LogP contribution < -0.4 is 10.2 Å². The maximum Gasteiger partial charge on any atom is 0.416 e. The number of nitrogens with zero attached hydrogens (tertiary/aromatic N) is 2. The van der Waals surface area contributed by atoms with Crippen LogP contribution >= 0.6 is 0 Å². The fourth-order valence-electron chi connectivity index (χ4n) is 1.64. The molecule has 1 rings (SSSR count). The van der Waals surface area contributed by atoms with Crippen LogP contribution in [0.25, 0.3) is 0 Å². The predicted octanol–water partition coefficient (Wildman–Crippen LogP) is 2.74. The smallest absolute Gasteiger partial charge is 0.393 e. The van der Waals surface area contributed by atoms with E-state index in [-0.39, 0.29) is 11.6 Å². The van der Waals surface area contributed by atoms with Crippen molar-refractivity contribution in [3.63, 3.8) is 0 Å². The van der Waals surface area contributed by atoms with Gasteiger partial charge >= 0.3 is 6.18 Å². The van der Waals surface area contributed by atoms with Gasteiger partial charge in [-0.1, -0.05) is 0 Å². The summed E-state index contributed by atoms with van der Waals surface area (Å²) in [5, 5.41) is 12.0. The summed E-state index contributed by atoms with van der Waals surface area (Å²) in [5.41, 5.74) is -0.734. The number of hydrogen-bond acceptors (Lipinski definition) is 4. The number of rotatable bonds is 6. The molecule has 0 fully saturated rings. The average molecular weight is 291 g/mol. The van der Waals surface area contributed by atoms with E-state index < -0.39 is 17.8 Å². The Morgan fingerprint density at radius 2 is 2.05 bits per heavy atom. The van der Waals surface area contributed by atoms with Crippen LogP contribution in [0.15, 0.2) is 12.1 Å². The van der Waals surface area contributed by atoms with Crippen molar-refractivity contribution in [1.82, 2.24) is 4.98 Å². The Morgan fingerprint density at radius 1 is 1.40 bits per heavy atom. The van der Waals surface area contributed by atoms with Gasteiger partial charge in [0.15, 0.2) is 0 Å². The number of nitrogens with one attached hydrogen (secondary N) is 1. The lowest BCUT2D eigenvalue weighted by molar-refractivity contribution is -0.137. The molecule has 0 spiro atoms. The Morgan fingerprint density at radius 3 is 2.55 bits per heavy atom. The summed E-state index contributed by atoms with van der Waals surface area (Å²) in [6.07, 6.45) is -4.45. The highest BCUT2D eigenvalue weighted by Gasteiger charge is 2.32. The molecule has 0 radical (unpaired) electrons. The van der Waals surface area contributed by atoms with E-state index in [4.69, 9.17) is 0 Å². The highest BCUT2D eigenvalue weighted by atomic mass is 19.4. The predicted molar refractivity (Wildman–Crippen MR) is 73.0 cm³/mol. The molecule has 0 aliphatic heterocycles. The molecule has 2 N–H and O–H groups in total. The van der Waals surface area contributed by atoms with Crippen molar-refractivity contribution in [2.45, 2.75) is 32.5 Å². The van der Waals surface area contributed by atoms with Crippen molar-refractivity contribution in [1.29, 1.82) is 0 Å². The monoisotopic (exact) mass is 291 g/mol. The molecule has 0 bridgehead atoms. The Labute approximate surface area is 116 Å². The van der Waals surface area contributed by atoms with Crippen molar-refractivity contribution >= 4 is 11.6 Å². The molecule has 0 saturated carbocycles. The minimum atomic E-state index is -4.41. The molecular weight excluding hydrogens is 271 g/mol. The van der Waals surface area contributed by atoms with Crippen LogP contribution in [-0.2, 0) is 6.18 Å². The van der Waals surface area contributed by atoms with Gasteiger partial charge in [0.1, 0.15) is 11.6 Å². The number of anilines is 2. The summed E-state index contributed by atoms with van der Waals surface area (Å²) in [7, 11) is 1.65. The number of aromatic nitrogens is 1. The maximum absolute atomic E-state index is 12.9. The summed E-state index contributed by atoms with van der Waals surface area (Å²) in [5.74, 6) is 0.428. The van der Waals surface area contributed by atoms with Gasteiger partial charge < -0.3 is 15.3 Å². The number of hydrogen-bond donors (Lipinski definition) is 2. The normalized spacial score (nSPS) is 13.2. The van der Waals surface area contributed by atoms with Gasteiger partial charge in [0.25, 0.3) is 0 Å². The van der Waals surface area contributed by atoms with Crippen molar-refractivity contribution < 1.29 is 18.3 Å². The molecule has 1 heterocycles. The SMILES string of the molecule is CCNc1cc(C(F)(F)F)cc(N(C)CCC(C)O)n1. The molecular formula is C13H20F3N3O. The van der Waals surface area contributed by atoms with Gasteiger partial charge in [-0.25, -0.2) is 4.98 Å².